The summed E-state index contributed by atoms with van der Waals surface area (Å²) in [6.45, 7) is 22.4. The predicted octanol–water partition coefficient (Wildman–Crippen LogP) is 3.69. The third-order valence-corrected chi connectivity index (χ3v) is 23.9. The smallest absolute Gasteiger partial charge is 0.447 e. The lowest BCUT2D eigenvalue weighted by Gasteiger charge is -2.48. The highest BCUT2D eigenvalue weighted by atomic mass is 31.2. The Morgan fingerprint density at radius 3 is 1.94 bits per heavy atom. The summed E-state index contributed by atoms with van der Waals surface area (Å²) >= 11 is 0. The maximum Gasteiger partial charge on any atom is 0.472 e. The normalized spacial score (nSPS) is 29.9. The number of rotatable bonds is 40. The summed E-state index contributed by atoms with van der Waals surface area (Å²) in [7, 11) is -5.22. The van der Waals surface area contributed by atoms with E-state index in [2.05, 4.69) is 20.9 Å². The average molecular weight is 1520 g/mol. The van der Waals surface area contributed by atoms with Crippen molar-refractivity contribution in [1.29, 1.82) is 0 Å². The van der Waals surface area contributed by atoms with E-state index in [4.69, 9.17) is 87.8 Å². The third kappa shape index (κ3) is 19.2. The molecule has 6 aliphatic heterocycles. The van der Waals surface area contributed by atoms with Gasteiger partial charge in [-0.1, -0.05) is 34.6 Å². The highest BCUT2D eigenvalue weighted by molar-refractivity contribution is 7.47. The minimum Gasteiger partial charge on any atom is -0.447 e. The van der Waals surface area contributed by atoms with E-state index in [1.54, 1.807) is 4.57 Å². The number of aliphatic imine (C=N–C) groups is 3. The van der Waals surface area contributed by atoms with Crippen molar-refractivity contribution in [3.05, 3.63) is 63.9 Å². The van der Waals surface area contributed by atoms with Gasteiger partial charge in [-0.15, -0.1) is 0 Å². The minimum absolute atomic E-state index is 0.0422. The van der Waals surface area contributed by atoms with Gasteiger partial charge in [0.05, 0.1) is 61.5 Å². The maximum atomic E-state index is 14.6. The highest BCUT2D eigenvalue weighted by Gasteiger charge is 2.66. The van der Waals surface area contributed by atoms with Crippen molar-refractivity contribution in [3.63, 3.8) is 0 Å². The number of phosphoric ester groups is 1. The fourth-order valence-corrected chi connectivity index (χ4v) is 17.9. The van der Waals surface area contributed by atoms with Crippen LogP contribution in [0.15, 0.2) is 67.8 Å². The van der Waals surface area contributed by atoms with Crippen LogP contribution in [-0.2, 0) is 70.9 Å². The summed E-state index contributed by atoms with van der Waals surface area (Å²) < 4.78 is 55.5. The number of nitrogens with two attached hydrogens (primary N) is 7. The number of imidazole rings is 1. The Morgan fingerprint density at radius 2 is 1.34 bits per heavy atom. The predicted molar refractivity (Wildman–Crippen MR) is 397 cm³/mol. The largest absolute Gasteiger partial charge is 0.472 e. The van der Waals surface area contributed by atoms with Crippen LogP contribution in [0.3, 0.4) is 0 Å². The first-order chi connectivity index (χ1) is 50.2. The molecule has 2 saturated heterocycles. The molecular weight excluding hydrogens is 1410 g/mol. The number of phosphoric acid groups is 1. The van der Waals surface area contributed by atoms with Crippen LogP contribution in [0.4, 0.5) is 4.79 Å². The van der Waals surface area contributed by atoms with Crippen LogP contribution in [0.1, 0.15) is 163 Å². The number of aryl methyl sites for hydroxylation is 2. The van der Waals surface area contributed by atoms with Crippen LogP contribution in [0.25, 0.3) is 11.0 Å². The van der Waals surface area contributed by atoms with E-state index in [-0.39, 0.29) is 83.7 Å². The molecule has 7 heterocycles. The van der Waals surface area contributed by atoms with Gasteiger partial charge in [-0.25, -0.2) is 14.3 Å². The Labute approximate surface area is 624 Å². The number of aliphatic hydroxyl groups is 1. The van der Waals surface area contributed by atoms with Gasteiger partial charge >= 0.3 is 13.9 Å². The van der Waals surface area contributed by atoms with E-state index >= 15 is 0 Å². The fraction of sp³-hybridized carbons (Fsp3) is 0.671. The molecule has 1 unspecified atom stereocenters. The molecular formula is C73H112N15O18P. The van der Waals surface area contributed by atoms with Crippen molar-refractivity contribution < 1.29 is 85.7 Å². The Balaban J connectivity index is 1.08. The zero-order chi connectivity index (χ0) is 78.9. The zero-order valence-corrected chi connectivity index (χ0v) is 64.4. The number of primary amides is 6. The number of aliphatic hydroxyl groups excluding tert-OH is 1. The Hall–Kier alpha value is -7.85. The van der Waals surface area contributed by atoms with Gasteiger partial charge in [-0.2, -0.15) is 0 Å². The lowest BCUT2D eigenvalue weighted by atomic mass is 9.55. The third-order valence-electron chi connectivity index (χ3n) is 22.8. The molecule has 34 heteroatoms. The van der Waals surface area contributed by atoms with E-state index < -0.39 is 149 Å². The monoisotopic (exact) mass is 1520 g/mol. The van der Waals surface area contributed by atoms with Gasteiger partial charge in [-0.3, -0.25) is 57.6 Å². The standard InChI is InChI=1S/C73H112N15O18P/c1-39-30-49-50(31-40(39)2)88(38-83-49)67-62(96)63(51(104-67)37-103-68(97)81-23-13-25-101-27-29-102-28-26-100-24-12-22-74)106-107(98,99)105-41(3)36-82-59(95)20-21-70(8)47(32-56(78)92)66-73(11)72(10,35-58(80)94)46(16-19-55(77)91)61(87-73)43(5)65-71(9,34-57(79)93)44(14-17-53(75)89)48(84-65)33-52-69(6,7)45(15-18-54(76)90)60(85-52)42(4)64(70)86-66/h30-31,33,38,41,44-47,51,62-63,66-67,84,96H,12-29,32,34-37,74H2,1-11H3,(H2,75,89)(H2,76,90)(H2,77,91)(H2,78,92)(H2,79,93)(H2,80,94)(H,81,97)(H,82,95)(H,98,99)/b48-33-,60-42-,65-43?/t41-,44-,45-,46-,47+,51-,62-,63-,66-,67+,70-,71+,72+,73+/m1/s1. The molecule has 2 fully saturated rings. The molecule has 33 nitrogen and oxygen atoms in total. The number of allylic oxidation sites excluding steroid dienone is 6. The summed E-state index contributed by atoms with van der Waals surface area (Å²) in [5, 5.41) is 21.1. The maximum absolute atomic E-state index is 14.6. The molecule has 1 aromatic heterocycles. The molecule has 8 amide bonds. The molecule has 592 valence electrons. The van der Waals surface area contributed by atoms with Crippen LogP contribution in [0.5, 0.6) is 0 Å². The number of aromatic nitrogens is 2. The Kier molecular flexibility index (Phi) is 27.9. The quantitative estimate of drug-likeness (QED) is 0.0334. The number of nitrogens with zero attached hydrogens (tertiary/aromatic N) is 5. The van der Waals surface area contributed by atoms with Crippen molar-refractivity contribution >= 4 is 83.4 Å². The zero-order valence-electron chi connectivity index (χ0n) is 63.5. The highest BCUT2D eigenvalue weighted by Crippen LogP contribution is 2.63. The van der Waals surface area contributed by atoms with Crippen molar-refractivity contribution in [3.8, 4) is 0 Å². The van der Waals surface area contributed by atoms with E-state index in [1.807, 2.05) is 87.4 Å². The summed E-state index contributed by atoms with van der Waals surface area (Å²) in [4.78, 5) is 140. The number of hydrogen-bond donors (Lipinski definition) is 12. The van der Waals surface area contributed by atoms with Crippen LogP contribution in [-0.4, -0.2) is 186 Å². The molecule has 107 heavy (non-hydrogen) atoms. The van der Waals surface area contributed by atoms with Crippen molar-refractivity contribution in [2.75, 3.05) is 65.9 Å². The van der Waals surface area contributed by atoms with E-state index in [0.717, 1.165) is 17.5 Å². The SMILES string of the molecule is CC1=C2N/C(=C\C3=NC(=C(/C)C4=N[C@H]([C@H](CC(N)=O)[C@@]4(C)CCC(=O)NC[C@@H](C)OP(=O)(O)O[C@H]4[C@@H](O)[C@@H](n5cnc6cc(C)c(C)cc65)O[C@@H]4COC(=O)NCCCOCCOCCOCCCN)[C@]4(C)N=C1[C@@H](CCC(N)=O)[C@]4(C)CC(N)=O)/[C@@H](CCC(N)=O)C3(C)C)[C@@H](CCC(N)=O)[C@]2(C)CC(N)=O. The number of amides is 8. The van der Waals surface area contributed by atoms with E-state index in [1.165, 1.54) is 13.3 Å². The second kappa shape index (κ2) is 35.2. The molecule has 0 radical (unpaired) electrons. The van der Waals surface area contributed by atoms with Gasteiger partial charge in [-0.05, 0) is 127 Å². The number of hydrogen-bond acceptors (Lipinski definition) is 23. The molecule has 0 spiro atoms. The molecule has 8 bridgehead atoms. The minimum atomic E-state index is -5.22. The molecule has 8 rings (SSSR count). The summed E-state index contributed by atoms with van der Waals surface area (Å²) in [5.74, 6) is -7.38. The second-order valence-corrected chi connectivity index (χ2v) is 32.1. The first-order valence-corrected chi connectivity index (χ1v) is 38.2. The Morgan fingerprint density at radius 1 is 0.738 bits per heavy atom. The Bertz CT molecular complexity index is 3950. The molecule has 19 N–H and O–H groups in total. The first kappa shape index (κ1) is 84.8. The van der Waals surface area contributed by atoms with E-state index in [0.29, 0.717) is 109 Å². The fourth-order valence-electron chi connectivity index (χ4n) is 16.7. The van der Waals surface area contributed by atoms with Gasteiger partial charge in [0.2, 0.25) is 41.4 Å². The summed E-state index contributed by atoms with van der Waals surface area (Å²) in [6, 6.07) is 2.65. The second-order valence-electron chi connectivity index (χ2n) is 30.8. The molecule has 0 saturated carbocycles. The van der Waals surface area contributed by atoms with E-state index in [9.17, 15) is 52.9 Å². The summed E-state index contributed by atoms with van der Waals surface area (Å²) in [6.07, 6.45) is -4.63. The van der Waals surface area contributed by atoms with Gasteiger partial charge in [0, 0.05) is 151 Å². The number of ether oxygens (including phenoxy) is 5. The molecule has 6 aliphatic rings. The number of alkyl carbamates (subject to hydrolysis) is 1. The van der Waals surface area contributed by atoms with Gasteiger partial charge < -0.3 is 94.3 Å². The topological polar surface area (TPSA) is 532 Å². The number of fused-ring (bicyclic) bond motifs is 7. The van der Waals surface area contributed by atoms with Crippen molar-refractivity contribution in [2.24, 2.45) is 100 Å². The van der Waals surface area contributed by atoms with Crippen molar-refractivity contribution in [1.82, 2.24) is 25.5 Å². The lowest BCUT2D eigenvalue weighted by molar-refractivity contribution is -0.124. The lowest BCUT2D eigenvalue weighted by Crippen LogP contribution is -2.56. The van der Waals surface area contributed by atoms with Crippen molar-refractivity contribution in [2.45, 2.75) is 202 Å². The molecule has 2 aromatic rings. The van der Waals surface area contributed by atoms with Crippen LogP contribution in [0.2, 0.25) is 0 Å². The van der Waals surface area contributed by atoms with Crippen LogP contribution < -0.4 is 56.1 Å². The van der Waals surface area contributed by atoms with Crippen LogP contribution >= 0.6 is 7.82 Å². The summed E-state index contributed by atoms with van der Waals surface area (Å²) in [5.41, 5.74) is 42.6. The van der Waals surface area contributed by atoms with Gasteiger partial charge in [0.25, 0.3) is 0 Å². The first-order valence-electron chi connectivity index (χ1n) is 36.7. The molecule has 1 aromatic carbocycles. The molecule has 15 atom stereocenters. The number of benzene rings is 1. The number of carbonyl (C=O) groups is 8. The number of nitrogens with one attached hydrogen (secondary N) is 3. The molecule has 0 aliphatic carbocycles. The van der Waals surface area contributed by atoms with Gasteiger partial charge in [0.1, 0.15) is 24.9 Å². The number of carbonyl (C=O) groups excluding carboxylic acids is 8. The van der Waals surface area contributed by atoms with Gasteiger partial charge in [0.15, 0.2) is 6.23 Å². The average Bonchev–Trinajstić information content (AvgIpc) is 1.53. The van der Waals surface area contributed by atoms with Crippen LogP contribution in [0, 0.1) is 59.2 Å².